The van der Waals surface area contributed by atoms with Gasteiger partial charge in [0.2, 0.25) is 0 Å². The molecule has 0 bridgehead atoms. The third-order valence-electron chi connectivity index (χ3n) is 5.21. The quantitative estimate of drug-likeness (QED) is 0.711. The summed E-state index contributed by atoms with van der Waals surface area (Å²) in [6.45, 7) is 10.1. The number of Topliss-reactive ketones (excluding diaryl/α,β-unsaturated/α-hetero) is 1. The summed E-state index contributed by atoms with van der Waals surface area (Å²) in [5, 5.41) is 11.2. The van der Waals surface area contributed by atoms with Crippen molar-refractivity contribution in [3.05, 3.63) is 12.2 Å². The summed E-state index contributed by atoms with van der Waals surface area (Å²) >= 11 is 0. The van der Waals surface area contributed by atoms with Gasteiger partial charge < -0.3 is 5.11 Å². The van der Waals surface area contributed by atoms with Gasteiger partial charge in [-0.05, 0) is 31.6 Å². The van der Waals surface area contributed by atoms with Gasteiger partial charge in [0.25, 0.3) is 0 Å². The second-order valence-corrected chi connectivity index (χ2v) is 6.18. The molecule has 2 nitrogen and oxygen atoms in total. The Balaban J connectivity index is 2.42. The summed E-state index contributed by atoms with van der Waals surface area (Å²) < 4.78 is 0. The predicted molar refractivity (Wildman–Crippen MR) is 68.5 cm³/mol. The molecular weight excluding hydrogens is 212 g/mol. The minimum atomic E-state index is -0.697. The Morgan fingerprint density at radius 1 is 1.41 bits per heavy atom. The van der Waals surface area contributed by atoms with Crippen LogP contribution in [0.25, 0.3) is 0 Å². The summed E-state index contributed by atoms with van der Waals surface area (Å²) in [6, 6.07) is 0. The smallest absolute Gasteiger partial charge is 0.136 e. The van der Waals surface area contributed by atoms with Gasteiger partial charge in [0.15, 0.2) is 0 Å². The highest BCUT2D eigenvalue weighted by atomic mass is 16.3. The molecule has 5 atom stereocenters. The molecule has 0 heterocycles. The van der Waals surface area contributed by atoms with Gasteiger partial charge in [-0.3, -0.25) is 4.79 Å². The number of carbonyl (C=O) groups is 1. The molecule has 2 aliphatic rings. The van der Waals surface area contributed by atoms with Gasteiger partial charge in [0.1, 0.15) is 5.78 Å². The third-order valence-corrected chi connectivity index (χ3v) is 5.21. The SMILES string of the molecule is C=C(C)[C@H]1CC(=O)[C@H](C)[C@H]2CCC[C@@H](C)[C@]12O. The molecule has 0 radical (unpaired) electrons. The van der Waals surface area contributed by atoms with Crippen LogP contribution in [0.3, 0.4) is 0 Å². The third kappa shape index (κ3) is 1.77. The zero-order chi connectivity index (χ0) is 12.8. The molecule has 17 heavy (non-hydrogen) atoms. The summed E-state index contributed by atoms with van der Waals surface area (Å²) in [5.41, 5.74) is 0.267. The number of hydrogen-bond donors (Lipinski definition) is 1. The van der Waals surface area contributed by atoms with Crippen molar-refractivity contribution in [2.45, 2.75) is 52.1 Å². The van der Waals surface area contributed by atoms with Crippen molar-refractivity contribution in [3.63, 3.8) is 0 Å². The Morgan fingerprint density at radius 3 is 2.65 bits per heavy atom. The normalized spacial score (nSPS) is 46.5. The fourth-order valence-electron chi connectivity index (χ4n) is 4.07. The lowest BCUT2D eigenvalue weighted by Crippen LogP contribution is -2.59. The Hall–Kier alpha value is -0.630. The fourth-order valence-corrected chi connectivity index (χ4v) is 4.07. The summed E-state index contributed by atoms with van der Waals surface area (Å²) in [7, 11) is 0. The molecule has 0 saturated heterocycles. The van der Waals surface area contributed by atoms with Crippen LogP contribution in [0.1, 0.15) is 46.5 Å². The van der Waals surface area contributed by atoms with Gasteiger partial charge in [-0.15, -0.1) is 0 Å². The monoisotopic (exact) mass is 236 g/mol. The largest absolute Gasteiger partial charge is 0.389 e. The second kappa shape index (κ2) is 4.24. The number of rotatable bonds is 1. The zero-order valence-corrected chi connectivity index (χ0v) is 11.2. The number of ketones is 1. The maximum atomic E-state index is 12.1. The minimum absolute atomic E-state index is 0.0124. The van der Waals surface area contributed by atoms with E-state index in [9.17, 15) is 9.90 Å². The first-order valence-electron chi connectivity index (χ1n) is 6.79. The van der Waals surface area contributed by atoms with Crippen LogP contribution in [0, 0.1) is 23.7 Å². The first kappa shape index (κ1) is 12.8. The number of fused-ring (bicyclic) bond motifs is 1. The molecule has 1 N–H and O–H groups in total. The van der Waals surface area contributed by atoms with Crippen molar-refractivity contribution in [3.8, 4) is 0 Å². The van der Waals surface area contributed by atoms with E-state index in [2.05, 4.69) is 13.5 Å². The average molecular weight is 236 g/mol. The fraction of sp³-hybridized carbons (Fsp3) is 0.800. The molecule has 2 saturated carbocycles. The molecule has 2 heteroatoms. The molecule has 0 aromatic rings. The van der Waals surface area contributed by atoms with Crippen LogP contribution >= 0.6 is 0 Å². The van der Waals surface area contributed by atoms with Gasteiger partial charge in [-0.2, -0.15) is 0 Å². The van der Waals surface area contributed by atoms with E-state index in [4.69, 9.17) is 0 Å². The molecule has 0 unspecified atom stereocenters. The summed E-state index contributed by atoms with van der Waals surface area (Å²) in [5.74, 6) is 0.694. The van der Waals surface area contributed by atoms with E-state index in [-0.39, 0.29) is 23.7 Å². The maximum absolute atomic E-state index is 12.1. The molecule has 0 amide bonds. The van der Waals surface area contributed by atoms with Crippen LogP contribution in [0.2, 0.25) is 0 Å². The summed E-state index contributed by atoms with van der Waals surface area (Å²) in [4.78, 5) is 12.1. The lowest BCUT2D eigenvalue weighted by Gasteiger charge is -2.54. The minimum Gasteiger partial charge on any atom is -0.389 e. The summed E-state index contributed by atoms with van der Waals surface area (Å²) in [6.07, 6.45) is 3.66. The molecule has 2 rings (SSSR count). The topological polar surface area (TPSA) is 37.3 Å². The van der Waals surface area contributed by atoms with Gasteiger partial charge in [-0.1, -0.05) is 32.4 Å². The molecule has 96 valence electrons. The molecule has 0 aliphatic heterocycles. The van der Waals surface area contributed by atoms with Gasteiger partial charge >= 0.3 is 0 Å². The molecule has 2 fully saturated rings. The predicted octanol–water partition coefficient (Wildman–Crippen LogP) is 2.95. The van der Waals surface area contributed by atoms with Crippen molar-refractivity contribution in [1.82, 2.24) is 0 Å². The highest BCUT2D eigenvalue weighted by molar-refractivity contribution is 5.83. The number of carbonyl (C=O) groups excluding carboxylic acids is 1. The number of aliphatic hydroxyl groups is 1. The Kier molecular flexibility index (Phi) is 3.19. The van der Waals surface area contributed by atoms with Crippen LogP contribution in [0.5, 0.6) is 0 Å². The van der Waals surface area contributed by atoms with E-state index in [1.807, 2.05) is 13.8 Å². The van der Waals surface area contributed by atoms with Gasteiger partial charge in [0, 0.05) is 18.3 Å². The van der Waals surface area contributed by atoms with Crippen molar-refractivity contribution in [2.75, 3.05) is 0 Å². The Labute approximate surface area is 104 Å². The van der Waals surface area contributed by atoms with Gasteiger partial charge in [-0.25, -0.2) is 0 Å². The second-order valence-electron chi connectivity index (χ2n) is 6.18. The molecule has 0 aromatic heterocycles. The lowest BCUT2D eigenvalue weighted by molar-refractivity contribution is -0.170. The standard InChI is InChI=1S/C15H24O2/c1-9(2)13-8-14(16)11(4)12-7-5-6-10(3)15(12,13)17/h10-13,17H,1,5-8H2,2-4H3/t10-,11-,12-,13-,15-/m1/s1. The van der Waals surface area contributed by atoms with E-state index in [0.717, 1.165) is 24.8 Å². The molecular formula is C15H24O2. The van der Waals surface area contributed by atoms with Crippen LogP contribution < -0.4 is 0 Å². The Bertz CT molecular complexity index is 347. The van der Waals surface area contributed by atoms with Crippen molar-refractivity contribution < 1.29 is 9.90 Å². The van der Waals surface area contributed by atoms with Crippen LogP contribution in [-0.4, -0.2) is 16.5 Å². The van der Waals surface area contributed by atoms with E-state index in [1.54, 1.807) is 0 Å². The van der Waals surface area contributed by atoms with E-state index >= 15 is 0 Å². The van der Waals surface area contributed by atoms with Crippen LogP contribution in [-0.2, 0) is 4.79 Å². The average Bonchev–Trinajstić information content (AvgIpc) is 2.26. The number of hydrogen-bond acceptors (Lipinski definition) is 2. The first-order chi connectivity index (χ1) is 7.89. The lowest BCUT2D eigenvalue weighted by atomic mass is 9.53. The van der Waals surface area contributed by atoms with Crippen molar-refractivity contribution in [1.29, 1.82) is 0 Å². The van der Waals surface area contributed by atoms with Gasteiger partial charge in [0.05, 0.1) is 5.60 Å². The highest BCUT2D eigenvalue weighted by Gasteiger charge is 2.56. The van der Waals surface area contributed by atoms with Crippen LogP contribution in [0.4, 0.5) is 0 Å². The van der Waals surface area contributed by atoms with Crippen molar-refractivity contribution >= 4 is 5.78 Å². The van der Waals surface area contributed by atoms with Crippen LogP contribution in [0.15, 0.2) is 12.2 Å². The first-order valence-corrected chi connectivity index (χ1v) is 6.79. The maximum Gasteiger partial charge on any atom is 0.136 e. The van der Waals surface area contributed by atoms with E-state index in [0.29, 0.717) is 12.2 Å². The molecule has 0 aromatic carbocycles. The van der Waals surface area contributed by atoms with E-state index < -0.39 is 5.60 Å². The molecule has 2 aliphatic carbocycles. The Morgan fingerprint density at radius 2 is 2.06 bits per heavy atom. The van der Waals surface area contributed by atoms with Crippen molar-refractivity contribution in [2.24, 2.45) is 23.7 Å². The van der Waals surface area contributed by atoms with E-state index in [1.165, 1.54) is 0 Å². The highest BCUT2D eigenvalue weighted by Crippen LogP contribution is 2.52. The zero-order valence-electron chi connectivity index (χ0n) is 11.2. The molecule has 0 spiro atoms.